The van der Waals surface area contributed by atoms with Crippen molar-refractivity contribution in [3.05, 3.63) is 17.5 Å². The van der Waals surface area contributed by atoms with Gasteiger partial charge in [-0.2, -0.15) is 5.10 Å². The Morgan fingerprint density at radius 1 is 1.08 bits per heavy atom. The molecule has 5 unspecified atom stereocenters. The number of hydrogen-bond donors (Lipinski definition) is 2. The van der Waals surface area contributed by atoms with Gasteiger partial charge in [0, 0.05) is 5.69 Å². The second kappa shape index (κ2) is 4.66. The molecule has 7 atom stereocenters. The normalized spacial score (nSPS) is 53.0. The van der Waals surface area contributed by atoms with E-state index in [9.17, 15) is 5.11 Å². The summed E-state index contributed by atoms with van der Waals surface area (Å²) in [6.07, 6.45) is 12.0. The molecule has 0 saturated heterocycles. The standard InChI is InChI=1S/C21H32N2O/c1-19-11-13-12-22-23-18(13)10-14(19)4-5-15-16(19)6-8-20(2)17(15)7-9-21(20,3)24/h12,14-17,24H,4-11H2,1-3H3,(H,22,23)/t14-,15?,16?,17?,19?,20?,21-/m1/s1. The Labute approximate surface area is 145 Å². The Morgan fingerprint density at radius 3 is 2.71 bits per heavy atom. The van der Waals surface area contributed by atoms with Gasteiger partial charge in [-0.3, -0.25) is 5.10 Å². The van der Waals surface area contributed by atoms with Crippen molar-refractivity contribution in [1.29, 1.82) is 0 Å². The van der Waals surface area contributed by atoms with Crippen molar-refractivity contribution in [2.45, 2.75) is 77.7 Å². The van der Waals surface area contributed by atoms with Gasteiger partial charge < -0.3 is 5.11 Å². The van der Waals surface area contributed by atoms with Crippen molar-refractivity contribution in [2.24, 2.45) is 34.5 Å². The number of nitrogens with one attached hydrogen (secondary N) is 1. The number of hydrogen-bond acceptors (Lipinski definition) is 2. The van der Waals surface area contributed by atoms with Crippen molar-refractivity contribution >= 4 is 0 Å². The fourth-order valence-electron chi connectivity index (χ4n) is 7.71. The van der Waals surface area contributed by atoms with E-state index in [1.165, 1.54) is 56.2 Å². The van der Waals surface area contributed by atoms with Gasteiger partial charge in [0.15, 0.2) is 0 Å². The lowest BCUT2D eigenvalue weighted by molar-refractivity contribution is -0.139. The van der Waals surface area contributed by atoms with Crippen LogP contribution in [0.5, 0.6) is 0 Å². The van der Waals surface area contributed by atoms with E-state index in [2.05, 4.69) is 37.2 Å². The average molecular weight is 329 g/mol. The first-order valence-electron chi connectivity index (χ1n) is 10.1. The lowest BCUT2D eigenvalue weighted by Crippen LogP contribution is -2.56. The molecule has 3 nitrogen and oxygen atoms in total. The van der Waals surface area contributed by atoms with Gasteiger partial charge in [-0.1, -0.05) is 13.8 Å². The third-order valence-electron chi connectivity index (χ3n) is 9.46. The van der Waals surface area contributed by atoms with E-state index in [-0.39, 0.29) is 5.41 Å². The Bertz CT molecular complexity index is 665. The molecule has 0 aromatic carbocycles. The van der Waals surface area contributed by atoms with Gasteiger partial charge in [-0.15, -0.1) is 0 Å². The molecule has 3 heteroatoms. The molecule has 24 heavy (non-hydrogen) atoms. The minimum Gasteiger partial charge on any atom is -0.390 e. The molecule has 3 saturated carbocycles. The number of aromatic nitrogens is 2. The maximum atomic E-state index is 11.0. The van der Waals surface area contributed by atoms with Crippen LogP contribution in [-0.4, -0.2) is 20.9 Å². The number of aliphatic hydroxyl groups is 1. The van der Waals surface area contributed by atoms with Crippen molar-refractivity contribution in [3.63, 3.8) is 0 Å². The summed E-state index contributed by atoms with van der Waals surface area (Å²) >= 11 is 0. The highest BCUT2D eigenvalue weighted by atomic mass is 16.3. The molecule has 4 aliphatic carbocycles. The molecule has 4 aliphatic rings. The summed E-state index contributed by atoms with van der Waals surface area (Å²) in [6.45, 7) is 7.09. The molecule has 0 amide bonds. The third kappa shape index (κ3) is 1.75. The highest BCUT2D eigenvalue weighted by Crippen LogP contribution is 2.67. The quantitative estimate of drug-likeness (QED) is 0.752. The van der Waals surface area contributed by atoms with E-state index in [1.54, 1.807) is 0 Å². The SMILES string of the molecule is CC12Cc3cn[nH]c3C[C@H]1CCC1C2CCC2(C)C1CC[C@@]2(C)O. The first kappa shape index (κ1) is 15.4. The highest BCUT2D eigenvalue weighted by Gasteiger charge is 2.63. The second-order valence-electron chi connectivity index (χ2n) is 10.2. The molecule has 5 rings (SSSR count). The van der Waals surface area contributed by atoms with Gasteiger partial charge in [0.1, 0.15) is 0 Å². The number of rotatable bonds is 0. The van der Waals surface area contributed by atoms with E-state index in [4.69, 9.17) is 0 Å². The van der Waals surface area contributed by atoms with Crippen LogP contribution in [0.2, 0.25) is 0 Å². The summed E-state index contributed by atoms with van der Waals surface area (Å²) in [5.74, 6) is 3.21. The number of fused-ring (bicyclic) bond motifs is 6. The second-order valence-corrected chi connectivity index (χ2v) is 10.2. The maximum Gasteiger partial charge on any atom is 0.0675 e. The largest absolute Gasteiger partial charge is 0.390 e. The molecule has 2 N–H and O–H groups in total. The summed E-state index contributed by atoms with van der Waals surface area (Å²) in [6, 6.07) is 0. The molecule has 1 aromatic heterocycles. The molecule has 1 aromatic rings. The average Bonchev–Trinajstić information content (AvgIpc) is 3.06. The first-order chi connectivity index (χ1) is 11.4. The van der Waals surface area contributed by atoms with Crippen LogP contribution < -0.4 is 0 Å². The van der Waals surface area contributed by atoms with Crippen molar-refractivity contribution in [2.75, 3.05) is 0 Å². The van der Waals surface area contributed by atoms with Crippen LogP contribution in [0.4, 0.5) is 0 Å². The molecule has 3 fully saturated rings. The van der Waals surface area contributed by atoms with Gasteiger partial charge in [0.25, 0.3) is 0 Å². The van der Waals surface area contributed by atoms with E-state index >= 15 is 0 Å². The van der Waals surface area contributed by atoms with Crippen LogP contribution in [0.15, 0.2) is 6.20 Å². The summed E-state index contributed by atoms with van der Waals surface area (Å²) in [5.41, 5.74) is 3.01. The summed E-state index contributed by atoms with van der Waals surface area (Å²) < 4.78 is 0. The number of nitrogens with zero attached hydrogens (tertiary/aromatic N) is 1. The Kier molecular flexibility index (Phi) is 3.00. The van der Waals surface area contributed by atoms with Crippen molar-refractivity contribution < 1.29 is 5.11 Å². The van der Waals surface area contributed by atoms with Crippen LogP contribution in [0.25, 0.3) is 0 Å². The lowest BCUT2D eigenvalue weighted by Gasteiger charge is -2.60. The van der Waals surface area contributed by atoms with Gasteiger partial charge >= 0.3 is 0 Å². The number of H-pyrrole nitrogens is 1. The molecule has 132 valence electrons. The minimum atomic E-state index is -0.454. The van der Waals surface area contributed by atoms with E-state index in [0.717, 1.165) is 30.1 Å². The molecular weight excluding hydrogens is 296 g/mol. The van der Waals surface area contributed by atoms with Crippen LogP contribution >= 0.6 is 0 Å². The van der Waals surface area contributed by atoms with Gasteiger partial charge in [-0.25, -0.2) is 0 Å². The first-order valence-corrected chi connectivity index (χ1v) is 10.1. The Morgan fingerprint density at radius 2 is 1.88 bits per heavy atom. The van der Waals surface area contributed by atoms with Crippen LogP contribution in [0.1, 0.15) is 70.6 Å². The zero-order chi connectivity index (χ0) is 16.7. The van der Waals surface area contributed by atoms with E-state index in [1.807, 2.05) is 0 Å². The Hall–Kier alpha value is -0.830. The van der Waals surface area contributed by atoms with E-state index < -0.39 is 5.60 Å². The molecule has 1 heterocycles. The zero-order valence-corrected chi connectivity index (χ0v) is 15.4. The Balaban J connectivity index is 1.50. The minimum absolute atomic E-state index is 0.146. The van der Waals surface area contributed by atoms with Crippen LogP contribution in [-0.2, 0) is 12.8 Å². The fraction of sp³-hybridized carbons (Fsp3) is 0.857. The van der Waals surface area contributed by atoms with Gasteiger partial charge in [0.05, 0.1) is 11.8 Å². The topological polar surface area (TPSA) is 48.9 Å². The summed E-state index contributed by atoms with van der Waals surface area (Å²) in [4.78, 5) is 0. The van der Waals surface area contributed by atoms with Gasteiger partial charge in [-0.05, 0) is 98.4 Å². The predicted molar refractivity (Wildman–Crippen MR) is 94.5 cm³/mol. The van der Waals surface area contributed by atoms with Crippen LogP contribution in [0.3, 0.4) is 0 Å². The van der Waals surface area contributed by atoms with Crippen molar-refractivity contribution in [1.82, 2.24) is 10.2 Å². The smallest absolute Gasteiger partial charge is 0.0675 e. The monoisotopic (exact) mass is 328 g/mol. The van der Waals surface area contributed by atoms with E-state index in [0.29, 0.717) is 5.41 Å². The molecule has 0 spiro atoms. The van der Waals surface area contributed by atoms with Crippen LogP contribution in [0, 0.1) is 34.5 Å². The number of aromatic amines is 1. The molecule has 0 bridgehead atoms. The molecular formula is C21H32N2O. The molecule has 0 aliphatic heterocycles. The predicted octanol–water partition coefficient (Wildman–Crippen LogP) is 4.12. The maximum absolute atomic E-state index is 11.0. The highest BCUT2D eigenvalue weighted by molar-refractivity contribution is 5.26. The third-order valence-corrected chi connectivity index (χ3v) is 9.46. The summed E-state index contributed by atoms with van der Waals surface area (Å²) in [5, 5.41) is 18.6. The summed E-state index contributed by atoms with van der Waals surface area (Å²) in [7, 11) is 0. The van der Waals surface area contributed by atoms with Gasteiger partial charge in [0.2, 0.25) is 0 Å². The lowest BCUT2D eigenvalue weighted by atomic mass is 9.44. The zero-order valence-electron chi connectivity index (χ0n) is 15.4. The van der Waals surface area contributed by atoms with Crippen molar-refractivity contribution in [3.8, 4) is 0 Å². The molecule has 0 radical (unpaired) electrons. The fourth-order valence-corrected chi connectivity index (χ4v) is 7.71.